The summed E-state index contributed by atoms with van der Waals surface area (Å²) in [4.78, 5) is 27.8. The summed E-state index contributed by atoms with van der Waals surface area (Å²) in [5.41, 5.74) is 1.97. The van der Waals surface area contributed by atoms with Crippen LogP contribution in [0.5, 0.6) is 0 Å². The standard InChI is InChI=1S/C26H17Cl2N3O3S2/c27-18-12-10-16(11-13-18)22(32)20-21(15-6-2-1-3-7-15)31(24(34)23(20)33)25-29-30-26(36-25)35-14-17-8-4-5-9-19(17)28/h1-13,21,32H,14H2/b22-20-. The van der Waals surface area contributed by atoms with Gasteiger partial charge in [0.1, 0.15) is 5.76 Å². The van der Waals surface area contributed by atoms with Crippen LogP contribution in [0.15, 0.2) is 88.8 Å². The van der Waals surface area contributed by atoms with E-state index in [1.165, 1.54) is 28.0 Å². The van der Waals surface area contributed by atoms with Gasteiger partial charge in [-0.25, -0.2) is 0 Å². The van der Waals surface area contributed by atoms with E-state index in [1.54, 1.807) is 36.4 Å². The lowest BCUT2D eigenvalue weighted by atomic mass is 9.95. The molecule has 1 aliphatic rings. The molecule has 0 aliphatic carbocycles. The molecular formula is C26H17Cl2N3O3S2. The van der Waals surface area contributed by atoms with Crippen molar-refractivity contribution in [3.8, 4) is 0 Å². The molecule has 0 spiro atoms. The van der Waals surface area contributed by atoms with Gasteiger partial charge in [0.2, 0.25) is 5.13 Å². The van der Waals surface area contributed by atoms with Crippen LogP contribution in [-0.2, 0) is 15.3 Å². The van der Waals surface area contributed by atoms with Crippen molar-refractivity contribution >= 4 is 68.9 Å². The maximum atomic E-state index is 13.2. The number of hydrogen-bond acceptors (Lipinski definition) is 7. The van der Waals surface area contributed by atoms with Gasteiger partial charge < -0.3 is 5.11 Å². The zero-order valence-corrected chi connectivity index (χ0v) is 21.6. The van der Waals surface area contributed by atoms with Crippen LogP contribution < -0.4 is 4.90 Å². The van der Waals surface area contributed by atoms with Crippen LogP contribution in [0.3, 0.4) is 0 Å². The maximum Gasteiger partial charge on any atom is 0.301 e. The second-order valence-corrected chi connectivity index (χ2v) is 10.8. The van der Waals surface area contributed by atoms with Gasteiger partial charge in [0.15, 0.2) is 4.34 Å². The van der Waals surface area contributed by atoms with Gasteiger partial charge in [-0.3, -0.25) is 14.5 Å². The number of anilines is 1. The van der Waals surface area contributed by atoms with Crippen molar-refractivity contribution in [2.75, 3.05) is 4.90 Å². The van der Waals surface area contributed by atoms with Crippen molar-refractivity contribution in [1.29, 1.82) is 0 Å². The molecule has 1 fully saturated rings. The molecule has 1 N–H and O–H groups in total. The highest BCUT2D eigenvalue weighted by atomic mass is 35.5. The fourth-order valence-corrected chi connectivity index (χ4v) is 6.14. The summed E-state index contributed by atoms with van der Waals surface area (Å²) < 4.78 is 0.622. The van der Waals surface area contributed by atoms with Crippen LogP contribution in [0.1, 0.15) is 22.7 Å². The summed E-state index contributed by atoms with van der Waals surface area (Å²) in [6.45, 7) is 0. The Labute approximate surface area is 225 Å². The minimum Gasteiger partial charge on any atom is -0.507 e. The quantitative estimate of drug-likeness (QED) is 0.0932. The molecular weight excluding hydrogens is 537 g/mol. The van der Waals surface area contributed by atoms with Crippen molar-refractivity contribution in [1.82, 2.24) is 10.2 Å². The van der Waals surface area contributed by atoms with Crippen molar-refractivity contribution in [2.45, 2.75) is 16.1 Å². The summed E-state index contributed by atoms with van der Waals surface area (Å²) >= 11 is 14.9. The number of carbonyl (C=O) groups is 2. The third-order valence-corrected chi connectivity index (χ3v) is 8.31. The van der Waals surface area contributed by atoms with E-state index in [2.05, 4.69) is 10.2 Å². The number of hydrogen-bond donors (Lipinski definition) is 1. The number of nitrogens with zero attached hydrogens (tertiary/aromatic N) is 3. The van der Waals surface area contributed by atoms with Crippen LogP contribution in [0.4, 0.5) is 5.13 Å². The number of carbonyl (C=O) groups excluding carboxylic acids is 2. The lowest BCUT2D eigenvalue weighted by Gasteiger charge is -2.22. The zero-order valence-electron chi connectivity index (χ0n) is 18.5. The Balaban J connectivity index is 1.53. The van der Waals surface area contributed by atoms with E-state index in [-0.39, 0.29) is 16.5 Å². The van der Waals surface area contributed by atoms with Crippen molar-refractivity contribution < 1.29 is 14.7 Å². The van der Waals surface area contributed by atoms with Gasteiger partial charge in [0, 0.05) is 21.4 Å². The number of aliphatic hydroxyl groups is 1. The predicted molar refractivity (Wildman–Crippen MR) is 144 cm³/mol. The first-order chi connectivity index (χ1) is 17.4. The summed E-state index contributed by atoms with van der Waals surface area (Å²) in [5, 5.41) is 21.0. The third-order valence-electron chi connectivity index (χ3n) is 5.59. The number of aliphatic hydroxyl groups excluding tert-OH is 1. The average Bonchev–Trinajstić information content (AvgIpc) is 3.46. The van der Waals surface area contributed by atoms with Gasteiger partial charge >= 0.3 is 5.91 Å². The Morgan fingerprint density at radius 3 is 2.36 bits per heavy atom. The Morgan fingerprint density at radius 1 is 0.944 bits per heavy atom. The van der Waals surface area contributed by atoms with Gasteiger partial charge in [-0.2, -0.15) is 0 Å². The lowest BCUT2D eigenvalue weighted by molar-refractivity contribution is -0.132. The van der Waals surface area contributed by atoms with Crippen LogP contribution in [-0.4, -0.2) is 27.0 Å². The summed E-state index contributed by atoms with van der Waals surface area (Å²) in [7, 11) is 0. The van der Waals surface area contributed by atoms with Gasteiger partial charge in [-0.05, 0) is 41.5 Å². The number of ketones is 1. The van der Waals surface area contributed by atoms with Gasteiger partial charge in [0.25, 0.3) is 5.78 Å². The number of amides is 1. The van der Waals surface area contributed by atoms with Gasteiger partial charge in [-0.15, -0.1) is 10.2 Å². The van der Waals surface area contributed by atoms with Gasteiger partial charge in [0.05, 0.1) is 11.6 Å². The zero-order chi connectivity index (χ0) is 25.2. The van der Waals surface area contributed by atoms with Crippen molar-refractivity contribution in [3.05, 3.63) is 111 Å². The molecule has 1 aliphatic heterocycles. The molecule has 1 unspecified atom stereocenters. The monoisotopic (exact) mass is 553 g/mol. The van der Waals surface area contributed by atoms with Crippen LogP contribution in [0.25, 0.3) is 5.76 Å². The minimum absolute atomic E-state index is 0.0195. The number of benzene rings is 3. The molecule has 3 aromatic carbocycles. The SMILES string of the molecule is O=C1C(=O)N(c2nnc(SCc3ccccc3Cl)s2)C(c2ccccc2)/C1=C(/O)c1ccc(Cl)cc1. The Bertz CT molecular complexity index is 1470. The largest absolute Gasteiger partial charge is 0.507 e. The molecule has 1 saturated heterocycles. The number of aromatic nitrogens is 2. The molecule has 0 radical (unpaired) electrons. The average molecular weight is 554 g/mol. The van der Waals surface area contributed by atoms with E-state index in [1.807, 2.05) is 42.5 Å². The van der Waals surface area contributed by atoms with E-state index in [0.29, 0.717) is 31.3 Å². The second kappa shape index (κ2) is 10.4. The van der Waals surface area contributed by atoms with Crippen LogP contribution in [0, 0.1) is 0 Å². The first-order valence-electron chi connectivity index (χ1n) is 10.8. The molecule has 1 atom stereocenters. The molecule has 5 rings (SSSR count). The van der Waals surface area contributed by atoms with E-state index < -0.39 is 17.7 Å². The first-order valence-corrected chi connectivity index (χ1v) is 13.3. The number of rotatable bonds is 6. The Morgan fingerprint density at radius 2 is 1.64 bits per heavy atom. The molecule has 2 heterocycles. The van der Waals surface area contributed by atoms with Crippen LogP contribution >= 0.6 is 46.3 Å². The van der Waals surface area contributed by atoms with Crippen LogP contribution in [0.2, 0.25) is 10.0 Å². The molecule has 36 heavy (non-hydrogen) atoms. The van der Waals surface area contributed by atoms with E-state index >= 15 is 0 Å². The smallest absolute Gasteiger partial charge is 0.301 e. The fourth-order valence-electron chi connectivity index (χ4n) is 3.86. The summed E-state index contributed by atoms with van der Waals surface area (Å²) in [5.74, 6) is -1.28. The number of Topliss-reactive ketones (excluding diaryl/α,β-unsaturated/α-hetero) is 1. The molecule has 6 nitrogen and oxygen atoms in total. The summed E-state index contributed by atoms with van der Waals surface area (Å²) in [6, 6.07) is 22.1. The molecule has 1 amide bonds. The summed E-state index contributed by atoms with van der Waals surface area (Å²) in [6.07, 6.45) is 0. The topological polar surface area (TPSA) is 83.4 Å². The molecule has 1 aromatic heterocycles. The van der Waals surface area contributed by atoms with Gasteiger partial charge in [-0.1, -0.05) is 94.8 Å². The van der Waals surface area contributed by atoms with E-state index in [0.717, 1.165) is 5.56 Å². The first kappa shape index (κ1) is 24.5. The highest BCUT2D eigenvalue weighted by molar-refractivity contribution is 8.00. The minimum atomic E-state index is -0.865. The van der Waals surface area contributed by atoms with E-state index in [4.69, 9.17) is 23.2 Å². The highest BCUT2D eigenvalue weighted by Gasteiger charge is 2.48. The third kappa shape index (κ3) is 4.77. The normalized spacial score (nSPS) is 17.1. The molecule has 4 aromatic rings. The van der Waals surface area contributed by atoms with E-state index in [9.17, 15) is 14.7 Å². The Kier molecular flexibility index (Phi) is 7.11. The number of halogens is 2. The van der Waals surface area contributed by atoms with Crippen molar-refractivity contribution in [2.24, 2.45) is 0 Å². The fraction of sp³-hybridized carbons (Fsp3) is 0.0769. The maximum absolute atomic E-state index is 13.2. The molecule has 10 heteroatoms. The Hall–Kier alpha value is -3.17. The predicted octanol–water partition coefficient (Wildman–Crippen LogP) is 6.76. The lowest BCUT2D eigenvalue weighted by Crippen LogP contribution is -2.29. The van der Waals surface area contributed by atoms with Crippen molar-refractivity contribution in [3.63, 3.8) is 0 Å². The molecule has 180 valence electrons. The highest BCUT2D eigenvalue weighted by Crippen LogP contribution is 2.44. The molecule has 0 saturated carbocycles. The second-order valence-electron chi connectivity index (χ2n) is 7.82. The molecule has 0 bridgehead atoms. The number of thioether (sulfide) groups is 1.